The van der Waals surface area contributed by atoms with Crippen LogP contribution in [0.3, 0.4) is 0 Å². The zero-order valence-corrected chi connectivity index (χ0v) is 13.3. The van der Waals surface area contributed by atoms with Crippen molar-refractivity contribution in [2.24, 2.45) is 5.73 Å². The van der Waals surface area contributed by atoms with E-state index in [0.717, 1.165) is 22.4 Å². The zero-order chi connectivity index (χ0) is 15.4. The Balaban J connectivity index is 1.88. The van der Waals surface area contributed by atoms with Crippen molar-refractivity contribution in [1.82, 2.24) is 14.8 Å². The molecule has 2 aromatic carbocycles. The number of hydrogen-bond acceptors (Lipinski definition) is 4. The molecule has 3 rings (SSSR count). The molecule has 0 aliphatic carbocycles. The molecule has 0 bridgehead atoms. The molecule has 0 spiro atoms. The fourth-order valence-corrected chi connectivity index (χ4v) is 3.13. The molecule has 0 saturated carbocycles. The summed E-state index contributed by atoms with van der Waals surface area (Å²) < 4.78 is 2.03. The smallest absolute Gasteiger partial charge is 0.196 e. The van der Waals surface area contributed by atoms with Crippen LogP contribution in [-0.4, -0.2) is 14.8 Å². The summed E-state index contributed by atoms with van der Waals surface area (Å²) in [6.07, 6.45) is 0. The van der Waals surface area contributed by atoms with E-state index in [2.05, 4.69) is 53.5 Å². The van der Waals surface area contributed by atoms with Crippen LogP contribution in [0.15, 0.2) is 59.8 Å². The summed E-state index contributed by atoms with van der Waals surface area (Å²) in [5, 5.41) is 9.38. The van der Waals surface area contributed by atoms with E-state index in [4.69, 9.17) is 5.73 Å². The highest BCUT2D eigenvalue weighted by atomic mass is 32.2. The Morgan fingerprint density at radius 3 is 2.41 bits per heavy atom. The van der Waals surface area contributed by atoms with Gasteiger partial charge in [0.05, 0.1) is 6.54 Å². The van der Waals surface area contributed by atoms with Gasteiger partial charge >= 0.3 is 0 Å². The monoisotopic (exact) mass is 310 g/mol. The second-order valence-corrected chi connectivity index (χ2v) is 5.99. The summed E-state index contributed by atoms with van der Waals surface area (Å²) in [7, 11) is 0. The molecule has 1 aromatic heterocycles. The lowest BCUT2D eigenvalue weighted by Crippen LogP contribution is -2.07. The second-order valence-electron chi connectivity index (χ2n) is 5.05. The lowest BCUT2D eigenvalue weighted by molar-refractivity contribution is 0.823. The van der Waals surface area contributed by atoms with Crippen molar-refractivity contribution >= 4 is 11.8 Å². The van der Waals surface area contributed by atoms with Gasteiger partial charge in [-0.1, -0.05) is 59.8 Å². The van der Waals surface area contributed by atoms with Gasteiger partial charge < -0.3 is 5.73 Å². The first-order chi connectivity index (χ1) is 10.8. The van der Waals surface area contributed by atoms with E-state index >= 15 is 0 Å². The minimum atomic E-state index is 0.368. The molecule has 3 aromatic rings. The van der Waals surface area contributed by atoms with Gasteiger partial charge in [0.15, 0.2) is 11.0 Å². The minimum Gasteiger partial charge on any atom is -0.324 e. The molecular formula is C17H18N4S. The van der Waals surface area contributed by atoms with Crippen molar-refractivity contribution in [3.8, 4) is 5.69 Å². The average Bonchev–Trinajstić information content (AvgIpc) is 2.97. The normalized spacial score (nSPS) is 10.8. The summed E-state index contributed by atoms with van der Waals surface area (Å²) in [4.78, 5) is 0. The van der Waals surface area contributed by atoms with Gasteiger partial charge in [-0.05, 0) is 24.6 Å². The Morgan fingerprint density at radius 2 is 1.73 bits per heavy atom. The summed E-state index contributed by atoms with van der Waals surface area (Å²) in [5.41, 5.74) is 9.34. The van der Waals surface area contributed by atoms with E-state index in [9.17, 15) is 0 Å². The molecule has 0 saturated heterocycles. The predicted octanol–water partition coefficient (Wildman–Crippen LogP) is 3.33. The zero-order valence-electron chi connectivity index (χ0n) is 12.4. The van der Waals surface area contributed by atoms with Gasteiger partial charge in [-0.3, -0.25) is 4.57 Å². The van der Waals surface area contributed by atoms with E-state index in [1.54, 1.807) is 11.8 Å². The van der Waals surface area contributed by atoms with Crippen LogP contribution in [0.2, 0.25) is 0 Å². The Labute approximate surface area is 134 Å². The summed E-state index contributed by atoms with van der Waals surface area (Å²) in [6, 6.07) is 18.7. The molecule has 0 radical (unpaired) electrons. The van der Waals surface area contributed by atoms with Gasteiger partial charge in [-0.2, -0.15) is 0 Å². The molecular weight excluding hydrogens is 292 g/mol. The number of thioether (sulfide) groups is 1. The van der Waals surface area contributed by atoms with Crippen LogP contribution in [0.1, 0.15) is 17.0 Å². The first-order valence-electron chi connectivity index (χ1n) is 7.16. The lowest BCUT2D eigenvalue weighted by atomic mass is 10.2. The fourth-order valence-electron chi connectivity index (χ4n) is 2.20. The van der Waals surface area contributed by atoms with Gasteiger partial charge in [0.25, 0.3) is 0 Å². The number of aromatic nitrogens is 3. The number of benzene rings is 2. The van der Waals surface area contributed by atoms with E-state index in [-0.39, 0.29) is 0 Å². The molecule has 5 heteroatoms. The third kappa shape index (κ3) is 3.21. The number of hydrogen-bond donors (Lipinski definition) is 1. The van der Waals surface area contributed by atoms with Crippen LogP contribution >= 0.6 is 11.8 Å². The molecule has 4 nitrogen and oxygen atoms in total. The third-order valence-electron chi connectivity index (χ3n) is 3.39. The number of nitrogens with zero attached hydrogens (tertiary/aromatic N) is 3. The van der Waals surface area contributed by atoms with E-state index in [1.165, 1.54) is 11.1 Å². The molecule has 112 valence electrons. The van der Waals surface area contributed by atoms with Crippen molar-refractivity contribution in [2.45, 2.75) is 24.4 Å². The van der Waals surface area contributed by atoms with Crippen molar-refractivity contribution in [2.75, 3.05) is 0 Å². The Hall–Kier alpha value is -2.11. The Bertz CT molecular complexity index is 735. The molecule has 0 aliphatic heterocycles. The van der Waals surface area contributed by atoms with Crippen LogP contribution in [0.4, 0.5) is 0 Å². The molecule has 0 aliphatic rings. The number of rotatable bonds is 5. The van der Waals surface area contributed by atoms with Gasteiger partial charge in [0, 0.05) is 11.4 Å². The standard InChI is InChI=1S/C17H18N4S/c1-13-7-9-15(10-8-13)21-16(11-18)19-20-17(21)22-12-14-5-3-2-4-6-14/h2-10H,11-12,18H2,1H3. The molecule has 0 amide bonds. The highest BCUT2D eigenvalue weighted by Gasteiger charge is 2.13. The van der Waals surface area contributed by atoms with Gasteiger partial charge in [-0.15, -0.1) is 10.2 Å². The fraction of sp³-hybridized carbons (Fsp3) is 0.176. The highest BCUT2D eigenvalue weighted by molar-refractivity contribution is 7.98. The topological polar surface area (TPSA) is 56.7 Å². The Kier molecular flexibility index (Phi) is 4.56. The van der Waals surface area contributed by atoms with Crippen molar-refractivity contribution in [3.63, 3.8) is 0 Å². The molecule has 0 unspecified atom stereocenters. The summed E-state index contributed by atoms with van der Waals surface area (Å²) in [6.45, 7) is 2.44. The van der Waals surface area contributed by atoms with Crippen LogP contribution in [-0.2, 0) is 12.3 Å². The van der Waals surface area contributed by atoms with Gasteiger partial charge in [0.2, 0.25) is 0 Å². The van der Waals surface area contributed by atoms with Gasteiger partial charge in [0.1, 0.15) is 0 Å². The average molecular weight is 310 g/mol. The predicted molar refractivity (Wildman–Crippen MR) is 90.0 cm³/mol. The summed E-state index contributed by atoms with van der Waals surface area (Å²) in [5.74, 6) is 1.63. The van der Waals surface area contributed by atoms with E-state index in [1.807, 2.05) is 22.8 Å². The number of nitrogens with two attached hydrogens (primary N) is 1. The maximum absolute atomic E-state index is 5.81. The van der Waals surface area contributed by atoms with Crippen LogP contribution in [0.5, 0.6) is 0 Å². The van der Waals surface area contributed by atoms with Crippen molar-refractivity contribution < 1.29 is 0 Å². The second kappa shape index (κ2) is 6.77. The first-order valence-corrected chi connectivity index (χ1v) is 8.14. The number of aryl methyl sites for hydroxylation is 1. The lowest BCUT2D eigenvalue weighted by Gasteiger charge is -2.09. The molecule has 0 atom stereocenters. The van der Waals surface area contributed by atoms with Crippen molar-refractivity contribution in [1.29, 1.82) is 0 Å². The third-order valence-corrected chi connectivity index (χ3v) is 4.39. The van der Waals surface area contributed by atoms with E-state index < -0.39 is 0 Å². The minimum absolute atomic E-state index is 0.368. The highest BCUT2D eigenvalue weighted by Crippen LogP contribution is 2.25. The van der Waals surface area contributed by atoms with Crippen LogP contribution < -0.4 is 5.73 Å². The molecule has 1 heterocycles. The van der Waals surface area contributed by atoms with E-state index in [0.29, 0.717) is 6.54 Å². The maximum Gasteiger partial charge on any atom is 0.196 e. The first kappa shape index (κ1) is 14.8. The molecule has 22 heavy (non-hydrogen) atoms. The molecule has 0 fully saturated rings. The largest absolute Gasteiger partial charge is 0.324 e. The summed E-state index contributed by atoms with van der Waals surface area (Å²) >= 11 is 1.67. The maximum atomic E-state index is 5.81. The van der Waals surface area contributed by atoms with Crippen LogP contribution in [0, 0.1) is 6.92 Å². The SMILES string of the molecule is Cc1ccc(-n2c(CN)nnc2SCc2ccccc2)cc1. The Morgan fingerprint density at radius 1 is 1.00 bits per heavy atom. The van der Waals surface area contributed by atoms with Crippen molar-refractivity contribution in [3.05, 3.63) is 71.5 Å². The van der Waals surface area contributed by atoms with Crippen LogP contribution in [0.25, 0.3) is 5.69 Å². The quantitative estimate of drug-likeness (QED) is 0.734. The molecule has 2 N–H and O–H groups in total. The van der Waals surface area contributed by atoms with Gasteiger partial charge in [-0.25, -0.2) is 0 Å².